The zero-order chi connectivity index (χ0) is 27.5. The third kappa shape index (κ3) is 6.51. The average molecular weight is 530 g/mol. The Labute approximate surface area is 207 Å². The summed E-state index contributed by atoms with van der Waals surface area (Å²) in [6, 6.07) is -0.856. The van der Waals surface area contributed by atoms with Gasteiger partial charge in [-0.1, -0.05) is 6.92 Å². The van der Waals surface area contributed by atoms with Gasteiger partial charge in [0.25, 0.3) is 11.8 Å². The van der Waals surface area contributed by atoms with Crippen LogP contribution >= 0.6 is 0 Å². The number of carbonyl (C=O) groups is 1. The summed E-state index contributed by atoms with van der Waals surface area (Å²) in [6.07, 6.45) is -2.28. The van der Waals surface area contributed by atoms with Crippen molar-refractivity contribution in [2.45, 2.75) is 38.4 Å². The van der Waals surface area contributed by atoms with Crippen LogP contribution in [-0.4, -0.2) is 68.6 Å². The lowest BCUT2D eigenvalue weighted by Gasteiger charge is -2.43. The zero-order valence-corrected chi connectivity index (χ0v) is 20.0. The highest BCUT2D eigenvalue weighted by Gasteiger charge is 2.46. The fourth-order valence-electron chi connectivity index (χ4n) is 3.93. The van der Waals surface area contributed by atoms with E-state index in [1.54, 1.807) is 0 Å². The van der Waals surface area contributed by atoms with Crippen LogP contribution in [0.25, 0.3) is 5.57 Å². The van der Waals surface area contributed by atoms with Crippen LogP contribution < -0.4 is 11.1 Å². The molecular weight excluding hydrogens is 506 g/mol. The molecule has 0 radical (unpaired) electrons. The molecule has 3 heterocycles. The van der Waals surface area contributed by atoms with E-state index in [2.05, 4.69) is 30.2 Å². The molecule has 1 aliphatic rings. The smallest absolute Gasteiger partial charge is 0.394 e. The third-order valence-corrected chi connectivity index (χ3v) is 5.83. The SMILES string of the molecule is CN=C(C)C(=C(N)C(=O)N1CC(F)(F)CC(C)C1CNc1ncc(C(F)(F)F)cn1)c1ncc(F)cn1. The number of likely N-dealkylation sites (tertiary alicyclic amines) is 1. The summed E-state index contributed by atoms with van der Waals surface area (Å²) < 4.78 is 80.7. The molecule has 9 nitrogen and oxygen atoms in total. The number of hydrogen-bond donors (Lipinski definition) is 2. The van der Waals surface area contributed by atoms with Crippen LogP contribution in [0, 0.1) is 11.7 Å². The summed E-state index contributed by atoms with van der Waals surface area (Å²) in [4.78, 5) is 33.2. The number of nitrogens with two attached hydrogens (primary N) is 1. The number of rotatable bonds is 6. The van der Waals surface area contributed by atoms with Crippen LogP contribution in [0.2, 0.25) is 0 Å². The van der Waals surface area contributed by atoms with Crippen molar-refractivity contribution < 1.29 is 31.1 Å². The van der Waals surface area contributed by atoms with Crippen molar-refractivity contribution in [1.82, 2.24) is 24.8 Å². The molecule has 2 unspecified atom stereocenters. The van der Waals surface area contributed by atoms with Gasteiger partial charge in [0.15, 0.2) is 11.6 Å². The Hall–Kier alpha value is -3.78. The van der Waals surface area contributed by atoms with Crippen molar-refractivity contribution in [3.8, 4) is 0 Å². The molecule has 1 fully saturated rings. The maximum Gasteiger partial charge on any atom is 0.419 e. The first-order chi connectivity index (χ1) is 17.2. The topological polar surface area (TPSA) is 122 Å². The highest BCUT2D eigenvalue weighted by molar-refractivity contribution is 6.27. The lowest BCUT2D eigenvalue weighted by atomic mass is 9.88. The van der Waals surface area contributed by atoms with Gasteiger partial charge in [-0.05, 0) is 12.8 Å². The highest BCUT2D eigenvalue weighted by Crippen LogP contribution is 2.35. The Kier molecular flexibility index (Phi) is 8.03. The number of nitrogens with zero attached hydrogens (tertiary/aromatic N) is 6. The van der Waals surface area contributed by atoms with Gasteiger partial charge in [-0.2, -0.15) is 13.2 Å². The molecule has 3 rings (SSSR count). The Morgan fingerprint density at radius 2 is 1.78 bits per heavy atom. The van der Waals surface area contributed by atoms with Gasteiger partial charge < -0.3 is 16.0 Å². The van der Waals surface area contributed by atoms with Gasteiger partial charge >= 0.3 is 6.18 Å². The second kappa shape index (κ2) is 10.7. The maximum absolute atomic E-state index is 14.5. The van der Waals surface area contributed by atoms with Crippen molar-refractivity contribution in [1.29, 1.82) is 0 Å². The summed E-state index contributed by atoms with van der Waals surface area (Å²) in [7, 11) is 1.41. The molecule has 15 heteroatoms. The van der Waals surface area contributed by atoms with E-state index in [0.717, 1.165) is 17.3 Å². The molecule has 2 atom stereocenters. The standard InChI is InChI=1S/C22H24F6N8O/c1-11-4-21(24,25)10-36(15(11)9-35-20-33-5-13(6-34-20)22(26,27)28)19(37)17(29)16(12(2)30-3)18-31-7-14(23)8-32-18/h5-8,11,15H,4,9-10,29H2,1-3H3,(H,33,34,35). The number of aromatic nitrogens is 4. The predicted octanol–water partition coefficient (Wildman–Crippen LogP) is 3.17. The quantitative estimate of drug-likeness (QED) is 0.334. The lowest BCUT2D eigenvalue weighted by molar-refractivity contribution is -0.148. The number of carbonyl (C=O) groups excluding carboxylic acids is 1. The molecule has 1 aliphatic heterocycles. The lowest BCUT2D eigenvalue weighted by Crippen LogP contribution is -2.58. The largest absolute Gasteiger partial charge is 0.419 e. The number of aliphatic imine (C=N–C) groups is 1. The molecule has 0 saturated carbocycles. The molecule has 2 aromatic heterocycles. The van der Waals surface area contributed by atoms with Gasteiger partial charge in [-0.3, -0.25) is 9.79 Å². The number of anilines is 1. The van der Waals surface area contributed by atoms with Crippen molar-refractivity contribution in [2.24, 2.45) is 16.6 Å². The number of amides is 1. The van der Waals surface area contributed by atoms with E-state index >= 15 is 0 Å². The van der Waals surface area contributed by atoms with Crippen LogP contribution in [0.4, 0.5) is 32.3 Å². The maximum atomic E-state index is 14.5. The van der Waals surface area contributed by atoms with E-state index in [4.69, 9.17) is 5.73 Å². The Bertz CT molecular complexity index is 1180. The molecule has 1 amide bonds. The third-order valence-electron chi connectivity index (χ3n) is 5.83. The normalized spacial score (nSPS) is 20.9. The van der Waals surface area contributed by atoms with Crippen LogP contribution in [0.15, 0.2) is 35.5 Å². The number of allylic oxidation sites excluding steroid dienone is 1. The number of alkyl halides is 5. The molecule has 2 aromatic rings. The van der Waals surface area contributed by atoms with Gasteiger partial charge in [-0.15, -0.1) is 0 Å². The van der Waals surface area contributed by atoms with Crippen molar-refractivity contribution in [3.63, 3.8) is 0 Å². The van der Waals surface area contributed by atoms with E-state index in [1.807, 2.05) is 0 Å². The number of piperidine rings is 1. The zero-order valence-electron chi connectivity index (χ0n) is 20.0. The molecule has 200 valence electrons. The first-order valence-electron chi connectivity index (χ1n) is 11.0. The first kappa shape index (κ1) is 27.8. The summed E-state index contributed by atoms with van der Waals surface area (Å²) in [5.41, 5.74) is 4.77. The van der Waals surface area contributed by atoms with Crippen LogP contribution in [0.5, 0.6) is 0 Å². The van der Waals surface area contributed by atoms with E-state index in [1.165, 1.54) is 20.9 Å². The molecule has 0 bridgehead atoms. The Morgan fingerprint density at radius 3 is 2.32 bits per heavy atom. The molecule has 0 spiro atoms. The monoisotopic (exact) mass is 530 g/mol. The fourth-order valence-corrected chi connectivity index (χ4v) is 3.93. The number of hydrogen-bond acceptors (Lipinski definition) is 8. The fraction of sp³-hybridized carbons (Fsp3) is 0.455. The molecule has 3 N–H and O–H groups in total. The van der Waals surface area contributed by atoms with Gasteiger partial charge in [0.2, 0.25) is 5.95 Å². The second-order valence-electron chi connectivity index (χ2n) is 8.53. The minimum atomic E-state index is -4.62. The van der Waals surface area contributed by atoms with Gasteiger partial charge in [0, 0.05) is 38.1 Å². The summed E-state index contributed by atoms with van der Waals surface area (Å²) >= 11 is 0. The van der Waals surface area contributed by atoms with Gasteiger partial charge in [-0.25, -0.2) is 33.1 Å². The molecule has 0 aliphatic carbocycles. The summed E-state index contributed by atoms with van der Waals surface area (Å²) in [5, 5.41) is 2.70. The molecule has 0 aromatic carbocycles. The molecule has 37 heavy (non-hydrogen) atoms. The summed E-state index contributed by atoms with van der Waals surface area (Å²) in [5.74, 6) is -5.97. The van der Waals surface area contributed by atoms with Gasteiger partial charge in [0.05, 0.1) is 36.1 Å². The van der Waals surface area contributed by atoms with Gasteiger partial charge in [0.1, 0.15) is 5.70 Å². The van der Waals surface area contributed by atoms with E-state index in [9.17, 15) is 31.1 Å². The number of nitrogens with one attached hydrogen (secondary N) is 1. The van der Waals surface area contributed by atoms with Crippen LogP contribution in [0.1, 0.15) is 31.7 Å². The first-order valence-corrected chi connectivity index (χ1v) is 11.0. The average Bonchev–Trinajstić information content (AvgIpc) is 2.83. The van der Waals surface area contributed by atoms with Crippen LogP contribution in [-0.2, 0) is 11.0 Å². The van der Waals surface area contributed by atoms with E-state index in [-0.39, 0.29) is 29.6 Å². The Morgan fingerprint density at radius 1 is 1.19 bits per heavy atom. The van der Waals surface area contributed by atoms with E-state index < -0.39 is 60.0 Å². The van der Waals surface area contributed by atoms with Crippen molar-refractivity contribution in [2.75, 3.05) is 25.5 Å². The number of halogens is 6. The minimum absolute atomic E-state index is 0.0492. The van der Waals surface area contributed by atoms with Crippen molar-refractivity contribution >= 4 is 23.1 Å². The van der Waals surface area contributed by atoms with Crippen molar-refractivity contribution in [3.05, 3.63) is 47.7 Å². The minimum Gasteiger partial charge on any atom is -0.394 e. The molecular formula is C22H24F6N8O. The Balaban J connectivity index is 1.93. The second-order valence-corrected chi connectivity index (χ2v) is 8.53. The van der Waals surface area contributed by atoms with E-state index in [0.29, 0.717) is 12.4 Å². The van der Waals surface area contributed by atoms with Crippen LogP contribution in [0.3, 0.4) is 0 Å². The summed E-state index contributed by atoms with van der Waals surface area (Å²) in [6.45, 7) is 1.90. The highest BCUT2D eigenvalue weighted by atomic mass is 19.4. The molecule has 1 saturated heterocycles. The predicted molar refractivity (Wildman–Crippen MR) is 122 cm³/mol.